The third-order valence-corrected chi connectivity index (χ3v) is 4.50. The first kappa shape index (κ1) is 17.1. The minimum atomic E-state index is -4.44. The van der Waals surface area contributed by atoms with Gasteiger partial charge in [-0.1, -0.05) is 12.1 Å². The molecule has 0 saturated heterocycles. The Kier molecular flexibility index (Phi) is 3.91. The number of amides is 1. The van der Waals surface area contributed by atoms with E-state index in [1.54, 1.807) is 28.9 Å². The molecule has 27 heavy (non-hydrogen) atoms. The van der Waals surface area contributed by atoms with Gasteiger partial charge in [0, 0.05) is 18.2 Å². The molecule has 0 saturated carbocycles. The lowest BCUT2D eigenvalue weighted by molar-refractivity contribution is -0.137. The Morgan fingerprint density at radius 3 is 2.52 bits per heavy atom. The van der Waals surface area contributed by atoms with E-state index in [1.165, 1.54) is 12.1 Å². The molecule has 0 bridgehead atoms. The molecular weight excluding hydrogens is 357 g/mol. The summed E-state index contributed by atoms with van der Waals surface area (Å²) >= 11 is 0. The number of nitrogens with one attached hydrogen (secondary N) is 1. The number of carbonyl (C=O) groups excluding carboxylic acids is 1. The summed E-state index contributed by atoms with van der Waals surface area (Å²) in [5, 5.41) is 7.48. The number of aromatic nitrogens is 2. The fourth-order valence-electron chi connectivity index (χ4n) is 3.10. The number of hydrogen-bond donors (Lipinski definition) is 1. The van der Waals surface area contributed by atoms with Crippen molar-refractivity contribution in [3.63, 3.8) is 0 Å². The smallest absolute Gasteiger partial charge is 0.338 e. The summed E-state index contributed by atoms with van der Waals surface area (Å²) in [6.07, 6.45) is -2.77. The number of alkyl halides is 3. The van der Waals surface area contributed by atoms with E-state index < -0.39 is 11.7 Å². The third kappa shape index (κ3) is 3.03. The highest BCUT2D eigenvalue weighted by molar-refractivity contribution is 6.08. The molecule has 3 aromatic rings. The zero-order valence-corrected chi connectivity index (χ0v) is 14.3. The van der Waals surface area contributed by atoms with Crippen LogP contribution in [0.15, 0.2) is 54.7 Å². The molecule has 1 aromatic heterocycles. The van der Waals surface area contributed by atoms with Crippen LogP contribution in [0.25, 0.3) is 0 Å². The van der Waals surface area contributed by atoms with Crippen molar-refractivity contribution in [2.75, 3.05) is 10.2 Å². The Morgan fingerprint density at radius 1 is 1.11 bits per heavy atom. The van der Waals surface area contributed by atoms with E-state index in [2.05, 4.69) is 10.4 Å². The Labute approximate surface area is 153 Å². The Bertz CT molecular complexity index is 1010. The predicted octanol–water partition coefficient (Wildman–Crippen LogP) is 4.34. The molecule has 1 aliphatic rings. The average Bonchev–Trinajstić information content (AvgIpc) is 2.89. The number of fused-ring (bicyclic) bond motifs is 2. The summed E-state index contributed by atoms with van der Waals surface area (Å²) in [5.74, 6) is 0.389. The summed E-state index contributed by atoms with van der Waals surface area (Å²) in [4.78, 5) is 14.6. The minimum absolute atomic E-state index is 0.185. The van der Waals surface area contributed by atoms with Gasteiger partial charge in [0.05, 0.1) is 29.7 Å². The van der Waals surface area contributed by atoms with Gasteiger partial charge >= 0.3 is 6.18 Å². The van der Waals surface area contributed by atoms with E-state index in [4.69, 9.17) is 0 Å². The molecule has 0 aliphatic carbocycles. The third-order valence-electron chi connectivity index (χ3n) is 4.50. The van der Waals surface area contributed by atoms with Crippen LogP contribution >= 0.6 is 0 Å². The number of anilines is 3. The van der Waals surface area contributed by atoms with Crippen molar-refractivity contribution >= 4 is 23.1 Å². The first-order chi connectivity index (χ1) is 12.8. The van der Waals surface area contributed by atoms with E-state index in [0.717, 1.165) is 29.2 Å². The molecule has 2 aromatic carbocycles. The zero-order chi connectivity index (χ0) is 19.2. The van der Waals surface area contributed by atoms with Crippen molar-refractivity contribution in [2.45, 2.75) is 12.7 Å². The molecule has 0 spiro atoms. The van der Waals surface area contributed by atoms with Crippen LogP contribution < -0.4 is 10.2 Å². The lowest BCUT2D eigenvalue weighted by atomic mass is 10.1. The van der Waals surface area contributed by atoms with Crippen LogP contribution in [0.3, 0.4) is 0 Å². The number of carbonyl (C=O) groups is 1. The largest absolute Gasteiger partial charge is 0.416 e. The quantitative estimate of drug-likeness (QED) is 0.691. The number of hydrogen-bond acceptors (Lipinski definition) is 3. The van der Waals surface area contributed by atoms with E-state index in [-0.39, 0.29) is 18.0 Å². The molecule has 2 heterocycles. The molecule has 1 amide bonds. The minimum Gasteiger partial charge on any atom is -0.338 e. The van der Waals surface area contributed by atoms with Crippen molar-refractivity contribution in [2.24, 2.45) is 7.05 Å². The predicted molar refractivity (Wildman–Crippen MR) is 94.9 cm³/mol. The summed E-state index contributed by atoms with van der Waals surface area (Å²) < 4.78 is 40.0. The Morgan fingerprint density at radius 2 is 1.81 bits per heavy atom. The lowest BCUT2D eigenvalue weighted by Gasteiger charge is -2.22. The normalized spacial score (nSPS) is 13.4. The number of rotatable bonds is 1. The molecule has 138 valence electrons. The summed E-state index contributed by atoms with van der Waals surface area (Å²) in [7, 11) is 1.79. The standard InChI is InChI=1S/C19H15F3N4O/c1-25-17-13(10-23-25)11-26(16-5-3-2-4-15(16)24-17)18(27)12-6-8-14(9-7-12)19(20,21)22/h2-10,24H,11H2,1H3. The molecular formula is C19H15F3N4O. The van der Waals surface area contributed by atoms with Gasteiger partial charge in [-0.2, -0.15) is 18.3 Å². The summed E-state index contributed by atoms with van der Waals surface area (Å²) in [6.45, 7) is 0.257. The molecule has 1 N–H and O–H groups in total. The van der Waals surface area contributed by atoms with Crippen molar-refractivity contribution in [1.82, 2.24) is 9.78 Å². The fraction of sp³-hybridized carbons (Fsp3) is 0.158. The maximum atomic E-state index is 13.1. The average molecular weight is 372 g/mol. The van der Waals surface area contributed by atoms with Crippen LogP contribution in [0.1, 0.15) is 21.5 Å². The van der Waals surface area contributed by atoms with Crippen molar-refractivity contribution in [3.05, 3.63) is 71.4 Å². The highest BCUT2D eigenvalue weighted by Gasteiger charge is 2.31. The van der Waals surface area contributed by atoms with E-state index >= 15 is 0 Å². The first-order valence-electron chi connectivity index (χ1n) is 8.20. The van der Waals surface area contributed by atoms with Crippen molar-refractivity contribution < 1.29 is 18.0 Å². The van der Waals surface area contributed by atoms with Crippen LogP contribution in [-0.2, 0) is 19.8 Å². The topological polar surface area (TPSA) is 50.2 Å². The second-order valence-corrected chi connectivity index (χ2v) is 6.25. The second kappa shape index (κ2) is 6.15. The van der Waals surface area contributed by atoms with Crippen LogP contribution in [-0.4, -0.2) is 15.7 Å². The number of aryl methyl sites for hydroxylation is 1. The molecule has 5 nitrogen and oxygen atoms in total. The van der Waals surface area contributed by atoms with Gasteiger partial charge in [0.25, 0.3) is 5.91 Å². The van der Waals surface area contributed by atoms with Gasteiger partial charge in [0.1, 0.15) is 5.82 Å². The summed E-state index contributed by atoms with van der Waals surface area (Å²) in [6, 6.07) is 11.5. The molecule has 0 unspecified atom stereocenters. The van der Waals surface area contributed by atoms with Crippen LogP contribution in [0, 0.1) is 0 Å². The van der Waals surface area contributed by atoms with Gasteiger partial charge in [-0.15, -0.1) is 0 Å². The Hall–Kier alpha value is -3.29. The first-order valence-corrected chi connectivity index (χ1v) is 8.20. The monoisotopic (exact) mass is 372 g/mol. The van der Waals surface area contributed by atoms with Crippen LogP contribution in [0.2, 0.25) is 0 Å². The van der Waals surface area contributed by atoms with Gasteiger partial charge in [-0.25, -0.2) is 0 Å². The van der Waals surface area contributed by atoms with E-state index in [0.29, 0.717) is 5.69 Å². The number of para-hydroxylation sites is 2. The maximum Gasteiger partial charge on any atom is 0.416 e. The highest BCUT2D eigenvalue weighted by Crippen LogP contribution is 2.36. The highest BCUT2D eigenvalue weighted by atomic mass is 19.4. The molecule has 0 fully saturated rings. The van der Waals surface area contributed by atoms with Crippen molar-refractivity contribution in [3.8, 4) is 0 Å². The Balaban J connectivity index is 1.74. The van der Waals surface area contributed by atoms with Gasteiger partial charge < -0.3 is 10.2 Å². The molecule has 0 atom stereocenters. The van der Waals surface area contributed by atoms with E-state index in [1.807, 2.05) is 18.2 Å². The van der Waals surface area contributed by atoms with Gasteiger partial charge in [-0.3, -0.25) is 9.48 Å². The number of benzene rings is 2. The van der Waals surface area contributed by atoms with Crippen LogP contribution in [0.4, 0.5) is 30.4 Å². The van der Waals surface area contributed by atoms with Gasteiger partial charge in [0.15, 0.2) is 0 Å². The molecule has 0 radical (unpaired) electrons. The summed E-state index contributed by atoms with van der Waals surface area (Å²) in [5.41, 5.74) is 1.59. The molecule has 4 rings (SSSR count). The molecule has 8 heteroatoms. The number of nitrogens with zero attached hydrogens (tertiary/aromatic N) is 3. The maximum absolute atomic E-state index is 13.1. The van der Waals surface area contributed by atoms with Crippen LogP contribution in [0.5, 0.6) is 0 Å². The molecule has 1 aliphatic heterocycles. The number of halogens is 3. The lowest BCUT2D eigenvalue weighted by Crippen LogP contribution is -2.30. The SMILES string of the molecule is Cn1ncc2c1Nc1ccccc1N(C(=O)c1ccc(C(F)(F)F)cc1)C2. The fourth-order valence-corrected chi connectivity index (χ4v) is 3.10. The second-order valence-electron chi connectivity index (χ2n) is 6.25. The van der Waals surface area contributed by atoms with Crippen molar-refractivity contribution in [1.29, 1.82) is 0 Å². The zero-order valence-electron chi connectivity index (χ0n) is 14.3. The van der Waals surface area contributed by atoms with Gasteiger partial charge in [0.2, 0.25) is 0 Å². The van der Waals surface area contributed by atoms with E-state index in [9.17, 15) is 18.0 Å². The van der Waals surface area contributed by atoms with Gasteiger partial charge in [-0.05, 0) is 36.4 Å².